The molecular weight excluding hydrogens is 404 g/mol. The first kappa shape index (κ1) is 23.1. The van der Waals surface area contributed by atoms with Gasteiger partial charge in [-0.05, 0) is 68.8 Å². The number of benzene rings is 1. The molecule has 2 atom stereocenters. The zero-order valence-electron chi connectivity index (χ0n) is 19.8. The standard InChI is InChI=1S/C25H38N4O3/c1-4-13-25(23(30)29(24(31)26-25)18-22-6-5-16-32-22)20-11-14-28(15-12-20)17-19-7-9-21(10-8-19)27(2)3/h7-10,20,22H,4-6,11-18H2,1-3H3,(H,26,31)/t22-,25+/m1/s1. The molecule has 7 nitrogen and oxygen atoms in total. The monoisotopic (exact) mass is 442 g/mol. The Kier molecular flexibility index (Phi) is 7.05. The Balaban J connectivity index is 1.38. The minimum absolute atomic E-state index is 0.0112. The van der Waals surface area contributed by atoms with E-state index in [9.17, 15) is 9.59 Å². The lowest BCUT2D eigenvalue weighted by Gasteiger charge is -2.41. The van der Waals surface area contributed by atoms with Crippen LogP contribution in [0.1, 0.15) is 51.0 Å². The molecule has 3 aliphatic rings. The number of amides is 3. The van der Waals surface area contributed by atoms with Gasteiger partial charge in [0.1, 0.15) is 5.54 Å². The molecule has 1 aromatic carbocycles. The lowest BCUT2D eigenvalue weighted by molar-refractivity contribution is -0.135. The van der Waals surface area contributed by atoms with E-state index >= 15 is 0 Å². The van der Waals surface area contributed by atoms with Crippen molar-refractivity contribution in [1.82, 2.24) is 15.1 Å². The molecule has 0 radical (unpaired) electrons. The Bertz CT molecular complexity index is 798. The number of likely N-dealkylation sites (tertiary alicyclic amines) is 1. The fourth-order valence-corrected chi connectivity index (χ4v) is 5.59. The molecule has 1 N–H and O–H groups in total. The van der Waals surface area contributed by atoms with Crippen molar-refractivity contribution in [3.8, 4) is 0 Å². The molecular formula is C25H38N4O3. The Morgan fingerprint density at radius 1 is 1.12 bits per heavy atom. The number of anilines is 1. The molecule has 0 aromatic heterocycles. The number of piperidine rings is 1. The van der Waals surface area contributed by atoms with E-state index in [1.165, 1.54) is 16.2 Å². The highest BCUT2D eigenvalue weighted by molar-refractivity contribution is 6.07. The van der Waals surface area contributed by atoms with Crippen LogP contribution in [0.15, 0.2) is 24.3 Å². The van der Waals surface area contributed by atoms with Crippen molar-refractivity contribution in [1.29, 1.82) is 0 Å². The molecule has 0 unspecified atom stereocenters. The lowest BCUT2D eigenvalue weighted by Crippen LogP contribution is -2.56. The smallest absolute Gasteiger partial charge is 0.325 e. The van der Waals surface area contributed by atoms with E-state index in [-0.39, 0.29) is 24.0 Å². The SMILES string of the molecule is CCC[C@@]1(C2CCN(Cc3ccc(N(C)C)cc3)CC2)NC(=O)N(C[C@H]2CCCO2)C1=O. The zero-order valence-corrected chi connectivity index (χ0v) is 19.8. The molecule has 0 spiro atoms. The number of hydrogen-bond donors (Lipinski definition) is 1. The Morgan fingerprint density at radius 2 is 1.84 bits per heavy atom. The number of hydrogen-bond acceptors (Lipinski definition) is 5. The van der Waals surface area contributed by atoms with Crippen molar-refractivity contribution in [2.24, 2.45) is 5.92 Å². The maximum Gasteiger partial charge on any atom is 0.325 e. The summed E-state index contributed by atoms with van der Waals surface area (Å²) in [5.41, 5.74) is 1.77. The van der Waals surface area contributed by atoms with Gasteiger partial charge in [-0.25, -0.2) is 4.79 Å². The number of rotatable bonds is 8. The fraction of sp³-hybridized carbons (Fsp3) is 0.680. The first-order valence-corrected chi connectivity index (χ1v) is 12.2. The highest BCUT2D eigenvalue weighted by Crippen LogP contribution is 2.37. The first-order chi connectivity index (χ1) is 15.4. The quantitative estimate of drug-likeness (QED) is 0.626. The van der Waals surface area contributed by atoms with Crippen LogP contribution in [0.5, 0.6) is 0 Å². The number of ether oxygens (including phenoxy) is 1. The van der Waals surface area contributed by atoms with Crippen LogP contribution in [0, 0.1) is 5.92 Å². The predicted molar refractivity (Wildman–Crippen MR) is 126 cm³/mol. The van der Waals surface area contributed by atoms with Gasteiger partial charge < -0.3 is 15.0 Å². The second-order valence-electron chi connectivity index (χ2n) is 9.81. The van der Waals surface area contributed by atoms with Crippen molar-refractivity contribution in [3.05, 3.63) is 29.8 Å². The summed E-state index contributed by atoms with van der Waals surface area (Å²) in [7, 11) is 4.11. The topological polar surface area (TPSA) is 65.1 Å². The Labute approximate surface area is 192 Å². The molecule has 3 fully saturated rings. The highest BCUT2D eigenvalue weighted by atomic mass is 16.5. The van der Waals surface area contributed by atoms with E-state index in [2.05, 4.69) is 60.4 Å². The molecule has 0 saturated carbocycles. The Morgan fingerprint density at radius 3 is 2.44 bits per heavy atom. The normalized spacial score (nSPS) is 27.2. The maximum atomic E-state index is 13.5. The summed E-state index contributed by atoms with van der Waals surface area (Å²) < 4.78 is 5.69. The summed E-state index contributed by atoms with van der Waals surface area (Å²) in [6.07, 6.45) is 5.35. The number of urea groups is 1. The third-order valence-electron chi connectivity index (χ3n) is 7.40. The van der Waals surface area contributed by atoms with Crippen LogP contribution < -0.4 is 10.2 Å². The highest BCUT2D eigenvalue weighted by Gasteiger charge is 2.55. The number of nitrogens with zero attached hydrogens (tertiary/aromatic N) is 3. The molecule has 1 aromatic rings. The van der Waals surface area contributed by atoms with Gasteiger partial charge in [0.15, 0.2) is 0 Å². The van der Waals surface area contributed by atoms with Gasteiger partial charge in [-0.2, -0.15) is 0 Å². The van der Waals surface area contributed by atoms with Crippen LogP contribution in [-0.4, -0.2) is 73.7 Å². The van der Waals surface area contributed by atoms with Crippen molar-refractivity contribution in [2.75, 3.05) is 45.2 Å². The van der Waals surface area contributed by atoms with E-state index < -0.39 is 5.54 Å². The maximum absolute atomic E-state index is 13.5. The molecule has 4 rings (SSSR count). The van der Waals surface area contributed by atoms with Gasteiger partial charge in [-0.3, -0.25) is 14.6 Å². The minimum atomic E-state index is -0.746. The van der Waals surface area contributed by atoms with Crippen molar-refractivity contribution in [3.63, 3.8) is 0 Å². The number of carbonyl (C=O) groups is 2. The van der Waals surface area contributed by atoms with Gasteiger partial charge >= 0.3 is 6.03 Å². The summed E-state index contributed by atoms with van der Waals surface area (Å²) in [6.45, 7) is 6.02. The summed E-state index contributed by atoms with van der Waals surface area (Å²) in [5, 5.41) is 3.15. The van der Waals surface area contributed by atoms with E-state index in [0.29, 0.717) is 13.0 Å². The molecule has 32 heavy (non-hydrogen) atoms. The van der Waals surface area contributed by atoms with Gasteiger partial charge in [0, 0.05) is 32.9 Å². The summed E-state index contributed by atoms with van der Waals surface area (Å²) in [4.78, 5) is 32.4. The molecule has 0 bridgehead atoms. The fourth-order valence-electron chi connectivity index (χ4n) is 5.59. The summed E-state index contributed by atoms with van der Waals surface area (Å²) in [5.74, 6) is 0.151. The van der Waals surface area contributed by atoms with Crippen LogP contribution in [0.2, 0.25) is 0 Å². The summed E-state index contributed by atoms with van der Waals surface area (Å²) in [6, 6.07) is 8.48. The lowest BCUT2D eigenvalue weighted by atomic mass is 9.74. The molecule has 3 heterocycles. The average molecular weight is 443 g/mol. The predicted octanol–water partition coefficient (Wildman–Crippen LogP) is 3.23. The number of nitrogens with one attached hydrogen (secondary N) is 1. The van der Waals surface area contributed by atoms with E-state index in [0.717, 1.165) is 58.3 Å². The molecule has 7 heteroatoms. The Hall–Kier alpha value is -2.12. The van der Waals surface area contributed by atoms with Crippen LogP contribution in [0.3, 0.4) is 0 Å². The van der Waals surface area contributed by atoms with Crippen molar-refractivity contribution in [2.45, 2.75) is 63.6 Å². The first-order valence-electron chi connectivity index (χ1n) is 12.2. The van der Waals surface area contributed by atoms with Gasteiger partial charge in [-0.15, -0.1) is 0 Å². The van der Waals surface area contributed by atoms with Gasteiger partial charge in [0.05, 0.1) is 12.6 Å². The van der Waals surface area contributed by atoms with E-state index in [1.54, 1.807) is 0 Å². The van der Waals surface area contributed by atoms with E-state index in [4.69, 9.17) is 4.74 Å². The minimum Gasteiger partial charge on any atom is -0.378 e. The largest absolute Gasteiger partial charge is 0.378 e. The zero-order chi connectivity index (χ0) is 22.7. The van der Waals surface area contributed by atoms with Gasteiger partial charge in [0.2, 0.25) is 0 Å². The van der Waals surface area contributed by atoms with Crippen LogP contribution in [-0.2, 0) is 16.1 Å². The van der Waals surface area contributed by atoms with Crippen LogP contribution in [0.25, 0.3) is 0 Å². The average Bonchev–Trinajstić information content (AvgIpc) is 3.38. The van der Waals surface area contributed by atoms with Gasteiger partial charge in [-0.1, -0.05) is 25.5 Å². The third-order valence-corrected chi connectivity index (χ3v) is 7.40. The molecule has 0 aliphatic carbocycles. The van der Waals surface area contributed by atoms with E-state index in [1.807, 2.05) is 0 Å². The second-order valence-corrected chi connectivity index (χ2v) is 9.81. The molecule has 3 saturated heterocycles. The molecule has 3 aliphatic heterocycles. The number of carbonyl (C=O) groups excluding carboxylic acids is 2. The second kappa shape index (κ2) is 9.79. The van der Waals surface area contributed by atoms with Crippen LogP contribution >= 0.6 is 0 Å². The third kappa shape index (κ3) is 4.64. The molecule has 176 valence electrons. The van der Waals surface area contributed by atoms with Gasteiger partial charge in [0.25, 0.3) is 5.91 Å². The van der Waals surface area contributed by atoms with Crippen molar-refractivity contribution >= 4 is 17.6 Å². The number of imide groups is 1. The molecule has 3 amide bonds. The summed E-state index contributed by atoms with van der Waals surface area (Å²) >= 11 is 0. The van der Waals surface area contributed by atoms with Crippen LogP contribution in [0.4, 0.5) is 10.5 Å². The van der Waals surface area contributed by atoms with Crippen molar-refractivity contribution < 1.29 is 14.3 Å².